The standard InChI is InChI=1S/C24H28BrN3O4/c1-32-19-11-7-10-18(15-19)28-23(30)27-21-13-12-16(25)14-20(21)24(28,31)22(29)26-17-8-5-3-2-4-6-9-17/h7,10-15,17,31H,2-6,8-9H2,1H3,(H,26,29)(H,27,30)/t24-/m0/s1. The van der Waals surface area contributed by atoms with Crippen LogP contribution in [0.1, 0.15) is 50.5 Å². The van der Waals surface area contributed by atoms with E-state index in [4.69, 9.17) is 4.74 Å². The topological polar surface area (TPSA) is 90.9 Å². The number of amides is 3. The van der Waals surface area contributed by atoms with Crippen LogP contribution in [0.5, 0.6) is 5.75 Å². The molecule has 0 unspecified atom stereocenters. The van der Waals surface area contributed by atoms with E-state index in [0.29, 0.717) is 27.2 Å². The molecule has 1 aliphatic heterocycles. The molecule has 2 aromatic carbocycles. The number of fused-ring (bicyclic) bond motifs is 1. The number of halogens is 1. The van der Waals surface area contributed by atoms with Gasteiger partial charge in [0.05, 0.1) is 18.5 Å². The molecule has 3 N–H and O–H groups in total. The van der Waals surface area contributed by atoms with Gasteiger partial charge in [-0.05, 0) is 43.2 Å². The molecule has 8 heteroatoms. The van der Waals surface area contributed by atoms with E-state index >= 15 is 0 Å². The second kappa shape index (κ2) is 9.50. The third kappa shape index (κ3) is 4.34. The predicted molar refractivity (Wildman–Crippen MR) is 127 cm³/mol. The molecule has 0 aromatic heterocycles. The number of urea groups is 1. The van der Waals surface area contributed by atoms with Crippen LogP contribution in [0.15, 0.2) is 46.9 Å². The first-order valence-corrected chi connectivity index (χ1v) is 11.8. The Morgan fingerprint density at radius 3 is 2.59 bits per heavy atom. The third-order valence-corrected chi connectivity index (χ3v) is 6.69. The Balaban J connectivity index is 1.77. The summed E-state index contributed by atoms with van der Waals surface area (Å²) < 4.78 is 5.99. The van der Waals surface area contributed by atoms with Crippen molar-refractivity contribution in [1.82, 2.24) is 5.32 Å². The highest BCUT2D eigenvalue weighted by Gasteiger charge is 2.52. The number of hydrogen-bond acceptors (Lipinski definition) is 4. The fraction of sp³-hybridized carbons (Fsp3) is 0.417. The van der Waals surface area contributed by atoms with Gasteiger partial charge >= 0.3 is 6.03 Å². The summed E-state index contributed by atoms with van der Waals surface area (Å²) in [5.41, 5.74) is -1.18. The minimum absolute atomic E-state index is 0.0421. The maximum Gasteiger partial charge on any atom is 0.329 e. The summed E-state index contributed by atoms with van der Waals surface area (Å²) >= 11 is 3.43. The number of nitrogens with one attached hydrogen (secondary N) is 2. The van der Waals surface area contributed by atoms with E-state index in [1.807, 2.05) is 0 Å². The summed E-state index contributed by atoms with van der Waals surface area (Å²) in [7, 11) is 1.52. The molecule has 2 aliphatic rings. The lowest BCUT2D eigenvalue weighted by Gasteiger charge is -2.43. The fourth-order valence-electron chi connectivity index (χ4n) is 4.52. The molecule has 1 aliphatic carbocycles. The van der Waals surface area contributed by atoms with Crippen LogP contribution in [0, 0.1) is 0 Å². The van der Waals surface area contributed by atoms with Crippen molar-refractivity contribution >= 4 is 39.2 Å². The van der Waals surface area contributed by atoms with Crippen molar-refractivity contribution in [3.05, 3.63) is 52.5 Å². The highest BCUT2D eigenvalue weighted by molar-refractivity contribution is 9.10. The fourth-order valence-corrected chi connectivity index (χ4v) is 4.88. The molecule has 2 aromatic rings. The first-order valence-electron chi connectivity index (χ1n) is 11.0. The molecule has 32 heavy (non-hydrogen) atoms. The van der Waals surface area contributed by atoms with Crippen molar-refractivity contribution in [3.63, 3.8) is 0 Å². The van der Waals surface area contributed by atoms with Crippen molar-refractivity contribution in [3.8, 4) is 5.75 Å². The molecular weight excluding hydrogens is 474 g/mol. The summed E-state index contributed by atoms with van der Waals surface area (Å²) in [6.07, 6.45) is 7.29. The van der Waals surface area contributed by atoms with Crippen molar-refractivity contribution in [1.29, 1.82) is 0 Å². The van der Waals surface area contributed by atoms with Crippen molar-refractivity contribution < 1.29 is 19.4 Å². The van der Waals surface area contributed by atoms with E-state index < -0.39 is 17.7 Å². The molecule has 4 rings (SSSR count). The second-order valence-electron chi connectivity index (χ2n) is 8.34. The Kier molecular flexibility index (Phi) is 6.71. The largest absolute Gasteiger partial charge is 0.497 e. The quantitative estimate of drug-likeness (QED) is 0.556. The van der Waals surface area contributed by atoms with Crippen LogP contribution in [-0.4, -0.2) is 30.2 Å². The molecule has 1 atom stereocenters. The van der Waals surface area contributed by atoms with E-state index in [1.165, 1.54) is 13.5 Å². The monoisotopic (exact) mass is 501 g/mol. The zero-order valence-corrected chi connectivity index (χ0v) is 19.7. The van der Waals surface area contributed by atoms with E-state index in [0.717, 1.165) is 43.4 Å². The molecule has 3 amide bonds. The number of rotatable bonds is 4. The number of aliphatic hydroxyl groups is 1. The SMILES string of the molecule is COc1cccc(N2C(=O)Nc3ccc(Br)cc3[C@]2(O)C(=O)NC2CCCCCCC2)c1. The smallest absolute Gasteiger partial charge is 0.329 e. The molecule has 1 saturated carbocycles. The van der Waals surface area contributed by atoms with Gasteiger partial charge in [-0.15, -0.1) is 0 Å². The lowest BCUT2D eigenvalue weighted by atomic mass is 9.92. The second-order valence-corrected chi connectivity index (χ2v) is 9.26. The average molecular weight is 502 g/mol. The van der Waals surface area contributed by atoms with Gasteiger partial charge in [0.2, 0.25) is 0 Å². The highest BCUT2D eigenvalue weighted by Crippen LogP contribution is 2.41. The molecule has 170 valence electrons. The van der Waals surface area contributed by atoms with Gasteiger partial charge in [-0.3, -0.25) is 9.69 Å². The van der Waals surface area contributed by atoms with E-state index in [9.17, 15) is 14.7 Å². The average Bonchev–Trinajstić information content (AvgIpc) is 2.76. The van der Waals surface area contributed by atoms with Crippen LogP contribution in [0.2, 0.25) is 0 Å². The maximum atomic E-state index is 13.7. The summed E-state index contributed by atoms with van der Waals surface area (Å²) in [5, 5.41) is 17.9. The van der Waals surface area contributed by atoms with Crippen LogP contribution in [0.25, 0.3) is 0 Å². The number of benzene rings is 2. The van der Waals surface area contributed by atoms with E-state index in [1.54, 1.807) is 42.5 Å². The Morgan fingerprint density at radius 1 is 1.16 bits per heavy atom. The number of nitrogens with zero attached hydrogens (tertiary/aromatic N) is 1. The molecule has 0 radical (unpaired) electrons. The van der Waals surface area contributed by atoms with Crippen molar-refractivity contribution in [2.24, 2.45) is 0 Å². The lowest BCUT2D eigenvalue weighted by molar-refractivity contribution is -0.141. The molecule has 0 bridgehead atoms. The first kappa shape index (κ1) is 22.6. The predicted octanol–water partition coefficient (Wildman–Crippen LogP) is 4.88. The molecule has 0 saturated heterocycles. The van der Waals surface area contributed by atoms with Gasteiger partial charge in [-0.1, -0.05) is 54.1 Å². The van der Waals surface area contributed by atoms with Crippen molar-refractivity contribution in [2.45, 2.75) is 56.7 Å². The van der Waals surface area contributed by atoms with Crippen LogP contribution in [0.3, 0.4) is 0 Å². The lowest BCUT2D eigenvalue weighted by Crippen LogP contribution is -2.63. The number of hydrogen-bond donors (Lipinski definition) is 3. The van der Waals surface area contributed by atoms with Gasteiger partial charge in [0, 0.05) is 22.1 Å². The van der Waals surface area contributed by atoms with Gasteiger partial charge < -0.3 is 20.5 Å². The summed E-state index contributed by atoms with van der Waals surface area (Å²) in [5.74, 6) is -0.0989. The minimum Gasteiger partial charge on any atom is -0.497 e. The number of carbonyl (C=O) groups excluding carboxylic acids is 2. The van der Waals surface area contributed by atoms with Crippen LogP contribution >= 0.6 is 15.9 Å². The number of carbonyl (C=O) groups is 2. The molecule has 0 spiro atoms. The normalized spacial score (nSPS) is 21.7. The Labute approximate surface area is 196 Å². The molecule has 7 nitrogen and oxygen atoms in total. The van der Waals surface area contributed by atoms with Gasteiger partial charge in [0.15, 0.2) is 0 Å². The Morgan fingerprint density at radius 2 is 1.88 bits per heavy atom. The van der Waals surface area contributed by atoms with Crippen LogP contribution in [0.4, 0.5) is 16.2 Å². The molecular formula is C24H28BrN3O4. The zero-order valence-electron chi connectivity index (χ0n) is 18.1. The zero-order chi connectivity index (χ0) is 22.7. The van der Waals surface area contributed by atoms with Gasteiger partial charge in [-0.2, -0.15) is 0 Å². The van der Waals surface area contributed by atoms with Crippen molar-refractivity contribution in [2.75, 3.05) is 17.3 Å². The number of methoxy groups -OCH3 is 1. The summed E-state index contributed by atoms with van der Waals surface area (Å²) in [4.78, 5) is 28.0. The number of ether oxygens (including phenoxy) is 1. The summed E-state index contributed by atoms with van der Waals surface area (Å²) in [6, 6.07) is 11.2. The van der Waals surface area contributed by atoms with Gasteiger partial charge in [-0.25, -0.2) is 4.79 Å². The minimum atomic E-state index is -2.23. The highest BCUT2D eigenvalue weighted by atomic mass is 79.9. The maximum absolute atomic E-state index is 13.7. The van der Waals surface area contributed by atoms with Gasteiger partial charge in [0.25, 0.3) is 11.6 Å². The summed E-state index contributed by atoms with van der Waals surface area (Å²) in [6.45, 7) is 0. The van der Waals surface area contributed by atoms with E-state index in [-0.39, 0.29) is 6.04 Å². The first-order chi connectivity index (χ1) is 15.4. The Hall–Kier alpha value is -2.58. The van der Waals surface area contributed by atoms with Crippen LogP contribution in [-0.2, 0) is 10.5 Å². The van der Waals surface area contributed by atoms with Crippen LogP contribution < -0.4 is 20.3 Å². The molecule has 1 fully saturated rings. The Bertz CT molecular complexity index is 1010. The third-order valence-electron chi connectivity index (χ3n) is 6.19. The molecule has 1 heterocycles. The number of anilines is 2. The van der Waals surface area contributed by atoms with E-state index in [2.05, 4.69) is 26.6 Å². The van der Waals surface area contributed by atoms with Gasteiger partial charge in [0.1, 0.15) is 5.75 Å².